The van der Waals surface area contributed by atoms with E-state index in [2.05, 4.69) is 5.32 Å². The topological polar surface area (TPSA) is 58.6 Å². The van der Waals surface area contributed by atoms with Crippen LogP contribution in [0.3, 0.4) is 0 Å². The average molecular weight is 306 g/mol. The lowest BCUT2D eigenvalue weighted by Crippen LogP contribution is -2.78. The van der Waals surface area contributed by atoms with Gasteiger partial charge in [-0.15, -0.1) is 0 Å². The molecule has 4 aliphatic rings. The lowest BCUT2D eigenvalue weighted by atomic mass is 9.80. The molecule has 0 radical (unpaired) electrons. The molecule has 0 aromatic heterocycles. The molecule has 1 N–H and O–H groups in total. The van der Waals surface area contributed by atoms with Gasteiger partial charge in [0.1, 0.15) is 5.54 Å². The number of ether oxygens (including phenoxy) is 1. The Morgan fingerprint density at radius 3 is 2.18 bits per heavy atom. The fraction of sp³-hybridized carbons (Fsp3) is 0.882. The largest absolute Gasteiger partial charge is 0.376 e. The van der Waals surface area contributed by atoms with Crippen molar-refractivity contribution in [1.82, 2.24) is 10.2 Å². The molecule has 1 saturated heterocycles. The molecule has 0 unspecified atom stereocenters. The second kappa shape index (κ2) is 4.95. The third-order valence-corrected chi connectivity index (χ3v) is 6.22. The molecule has 0 bridgehead atoms. The van der Waals surface area contributed by atoms with Crippen LogP contribution in [0, 0.1) is 11.8 Å². The molecule has 0 aromatic carbocycles. The van der Waals surface area contributed by atoms with Crippen LogP contribution < -0.4 is 5.32 Å². The number of hydrogen-bond acceptors (Lipinski definition) is 3. The maximum absolute atomic E-state index is 12.6. The molecule has 3 saturated carbocycles. The molecule has 5 nitrogen and oxygen atoms in total. The van der Waals surface area contributed by atoms with Crippen molar-refractivity contribution in [2.24, 2.45) is 11.8 Å². The lowest BCUT2D eigenvalue weighted by molar-refractivity contribution is -0.156. The van der Waals surface area contributed by atoms with Crippen LogP contribution in [0.25, 0.3) is 0 Å². The molecule has 22 heavy (non-hydrogen) atoms. The number of nitrogens with zero attached hydrogens (tertiary/aromatic N) is 1. The first-order chi connectivity index (χ1) is 10.6. The zero-order chi connectivity index (χ0) is 15.4. The van der Waals surface area contributed by atoms with Gasteiger partial charge >= 0.3 is 0 Å². The van der Waals surface area contributed by atoms with E-state index >= 15 is 0 Å². The minimum absolute atomic E-state index is 0.165. The monoisotopic (exact) mass is 306 g/mol. The molecule has 1 heterocycles. The van der Waals surface area contributed by atoms with Crippen LogP contribution in [-0.4, -0.2) is 48.1 Å². The molecular weight excluding hydrogens is 280 g/mol. The van der Waals surface area contributed by atoms with Gasteiger partial charge in [0.15, 0.2) is 0 Å². The number of hydrogen-bond donors (Lipinski definition) is 1. The van der Waals surface area contributed by atoms with Crippen LogP contribution in [0.2, 0.25) is 0 Å². The van der Waals surface area contributed by atoms with Crippen LogP contribution in [0.5, 0.6) is 0 Å². The molecule has 0 atom stereocenters. The number of nitrogens with one attached hydrogen (secondary N) is 1. The number of carbonyl (C=O) groups is 2. The molecule has 0 aromatic rings. The van der Waals surface area contributed by atoms with Gasteiger partial charge in [0, 0.05) is 32.0 Å². The number of likely N-dealkylation sites (tertiary alicyclic amines) is 1. The van der Waals surface area contributed by atoms with E-state index in [1.807, 2.05) is 4.90 Å². The Morgan fingerprint density at radius 2 is 1.68 bits per heavy atom. The summed E-state index contributed by atoms with van der Waals surface area (Å²) < 4.78 is 5.77. The Morgan fingerprint density at radius 1 is 1.05 bits per heavy atom. The summed E-state index contributed by atoms with van der Waals surface area (Å²) in [5.74, 6) is 0.871. The van der Waals surface area contributed by atoms with Gasteiger partial charge in [0.05, 0.1) is 5.60 Å². The summed E-state index contributed by atoms with van der Waals surface area (Å²) in [7, 11) is 1.74. The van der Waals surface area contributed by atoms with Crippen LogP contribution in [-0.2, 0) is 14.3 Å². The van der Waals surface area contributed by atoms with Gasteiger partial charge in [-0.25, -0.2) is 0 Å². The van der Waals surface area contributed by atoms with Crippen molar-refractivity contribution in [3.63, 3.8) is 0 Å². The summed E-state index contributed by atoms with van der Waals surface area (Å²) in [5, 5.41) is 3.31. The predicted molar refractivity (Wildman–Crippen MR) is 81.1 cm³/mol. The van der Waals surface area contributed by atoms with E-state index in [1.165, 1.54) is 0 Å². The number of methoxy groups -OCH3 is 1. The highest BCUT2D eigenvalue weighted by Crippen LogP contribution is 2.52. The van der Waals surface area contributed by atoms with E-state index < -0.39 is 0 Å². The SMILES string of the molecule is COC1(C2(NC(=O)C3CCCC3)CN(C(=O)C3CC3)C2)CC1. The van der Waals surface area contributed by atoms with Crippen molar-refractivity contribution in [1.29, 1.82) is 0 Å². The fourth-order valence-corrected chi connectivity index (χ4v) is 4.35. The summed E-state index contributed by atoms with van der Waals surface area (Å²) in [5.41, 5.74) is -0.576. The molecule has 5 heteroatoms. The molecule has 4 rings (SSSR count). The third-order valence-electron chi connectivity index (χ3n) is 6.22. The predicted octanol–water partition coefficient (Wildman–Crippen LogP) is 1.46. The maximum Gasteiger partial charge on any atom is 0.225 e. The van der Waals surface area contributed by atoms with Gasteiger partial charge in [-0.1, -0.05) is 12.8 Å². The van der Waals surface area contributed by atoms with E-state index in [0.717, 1.165) is 51.4 Å². The fourth-order valence-electron chi connectivity index (χ4n) is 4.35. The Bertz CT molecular complexity index is 484. The second-order valence-electron chi connectivity index (χ2n) is 7.72. The first-order valence-electron chi connectivity index (χ1n) is 8.75. The van der Waals surface area contributed by atoms with Gasteiger partial charge in [0.25, 0.3) is 0 Å². The van der Waals surface area contributed by atoms with Gasteiger partial charge < -0.3 is 15.0 Å². The summed E-state index contributed by atoms with van der Waals surface area (Å²) in [6, 6.07) is 0. The van der Waals surface area contributed by atoms with Crippen molar-refractivity contribution in [3.05, 3.63) is 0 Å². The minimum Gasteiger partial charge on any atom is -0.376 e. The Hall–Kier alpha value is -1.10. The van der Waals surface area contributed by atoms with Crippen LogP contribution in [0.4, 0.5) is 0 Å². The zero-order valence-electron chi connectivity index (χ0n) is 13.4. The standard InChI is InChI=1S/C17H26N2O3/c1-22-17(8-9-17)16(18-14(20)12-4-2-3-5-12)10-19(11-16)15(21)13-6-7-13/h12-13H,2-11H2,1H3,(H,18,20). The highest BCUT2D eigenvalue weighted by atomic mass is 16.5. The van der Waals surface area contributed by atoms with Gasteiger partial charge in [-0.3, -0.25) is 9.59 Å². The number of carbonyl (C=O) groups excluding carboxylic acids is 2. The summed E-state index contributed by atoms with van der Waals surface area (Å²) in [6.07, 6.45) is 8.37. The van der Waals surface area contributed by atoms with Crippen molar-refractivity contribution in [3.8, 4) is 0 Å². The third kappa shape index (κ3) is 2.16. The molecule has 3 aliphatic carbocycles. The number of amides is 2. The zero-order valence-corrected chi connectivity index (χ0v) is 13.4. The van der Waals surface area contributed by atoms with E-state index in [4.69, 9.17) is 4.74 Å². The van der Waals surface area contributed by atoms with Crippen molar-refractivity contribution in [2.45, 2.75) is 62.5 Å². The van der Waals surface area contributed by atoms with E-state index in [9.17, 15) is 9.59 Å². The smallest absolute Gasteiger partial charge is 0.225 e. The lowest BCUT2D eigenvalue weighted by Gasteiger charge is -2.54. The number of rotatable bonds is 5. The van der Waals surface area contributed by atoms with E-state index in [-0.39, 0.29) is 34.8 Å². The molecule has 4 fully saturated rings. The normalized spacial score (nSPS) is 29.0. The van der Waals surface area contributed by atoms with Gasteiger partial charge in [-0.05, 0) is 38.5 Å². The quantitative estimate of drug-likeness (QED) is 0.836. The second-order valence-corrected chi connectivity index (χ2v) is 7.72. The average Bonchev–Trinajstić information content (AvgIpc) is 3.40. The maximum atomic E-state index is 12.6. The highest BCUT2D eigenvalue weighted by molar-refractivity contribution is 5.84. The van der Waals surface area contributed by atoms with Crippen molar-refractivity contribution < 1.29 is 14.3 Å². The molecule has 1 aliphatic heterocycles. The Balaban J connectivity index is 1.46. The molecular formula is C17H26N2O3. The molecule has 2 amide bonds. The Kier molecular flexibility index (Phi) is 3.26. The summed E-state index contributed by atoms with van der Waals surface area (Å²) in [4.78, 5) is 26.7. The van der Waals surface area contributed by atoms with Crippen LogP contribution in [0.1, 0.15) is 51.4 Å². The first-order valence-corrected chi connectivity index (χ1v) is 8.75. The molecule has 122 valence electrons. The summed E-state index contributed by atoms with van der Waals surface area (Å²) in [6.45, 7) is 1.27. The highest BCUT2D eigenvalue weighted by Gasteiger charge is 2.67. The summed E-state index contributed by atoms with van der Waals surface area (Å²) >= 11 is 0. The van der Waals surface area contributed by atoms with Crippen molar-refractivity contribution in [2.75, 3.05) is 20.2 Å². The van der Waals surface area contributed by atoms with Crippen molar-refractivity contribution >= 4 is 11.8 Å². The van der Waals surface area contributed by atoms with Crippen LogP contribution >= 0.6 is 0 Å². The van der Waals surface area contributed by atoms with Gasteiger partial charge in [-0.2, -0.15) is 0 Å². The van der Waals surface area contributed by atoms with E-state index in [0.29, 0.717) is 13.1 Å². The van der Waals surface area contributed by atoms with Gasteiger partial charge in [0.2, 0.25) is 11.8 Å². The van der Waals surface area contributed by atoms with Crippen LogP contribution in [0.15, 0.2) is 0 Å². The minimum atomic E-state index is -0.341. The molecule has 0 spiro atoms. The van der Waals surface area contributed by atoms with E-state index in [1.54, 1.807) is 7.11 Å². The Labute approximate surface area is 131 Å². The first kappa shape index (κ1) is 14.5.